The van der Waals surface area contributed by atoms with Crippen molar-refractivity contribution in [1.29, 1.82) is 0 Å². The molecule has 2 fully saturated rings. The summed E-state index contributed by atoms with van der Waals surface area (Å²) in [7, 11) is 1.52. The molecule has 4 atom stereocenters. The average Bonchev–Trinajstić information content (AvgIpc) is 3.17. The molecule has 3 heterocycles. The van der Waals surface area contributed by atoms with Crippen LogP contribution in [0.2, 0.25) is 0 Å². The van der Waals surface area contributed by atoms with Crippen LogP contribution in [0.4, 0.5) is 5.69 Å². The molecule has 25 heavy (non-hydrogen) atoms. The second-order valence-corrected chi connectivity index (χ2v) is 9.08. The molecular weight excluding hydrogens is 427 g/mol. The van der Waals surface area contributed by atoms with Crippen LogP contribution in [-0.4, -0.2) is 37.1 Å². The number of rotatable bonds is 2. The number of hydrogen-bond donors (Lipinski definition) is 1. The zero-order valence-corrected chi connectivity index (χ0v) is 16.8. The molecule has 4 aliphatic rings. The molecule has 0 amide bonds. The van der Waals surface area contributed by atoms with Crippen LogP contribution >= 0.6 is 22.6 Å². The number of nitrogens with one attached hydrogen (secondary N) is 1. The summed E-state index contributed by atoms with van der Waals surface area (Å²) < 4.78 is 6.52. The molecule has 4 nitrogen and oxygen atoms in total. The molecule has 1 aromatic carbocycles. The number of halogens is 1. The van der Waals surface area contributed by atoms with E-state index in [2.05, 4.69) is 57.9 Å². The van der Waals surface area contributed by atoms with Gasteiger partial charge >= 0.3 is 5.97 Å². The Labute approximate surface area is 162 Å². The topological polar surface area (TPSA) is 41.6 Å². The number of nitrogens with zero attached hydrogens (tertiary/aromatic N) is 1. The van der Waals surface area contributed by atoms with Gasteiger partial charge in [-0.3, -0.25) is 4.90 Å². The van der Waals surface area contributed by atoms with Gasteiger partial charge in [0.2, 0.25) is 0 Å². The van der Waals surface area contributed by atoms with Crippen LogP contribution in [0.3, 0.4) is 0 Å². The van der Waals surface area contributed by atoms with Crippen molar-refractivity contribution in [3.63, 3.8) is 0 Å². The lowest BCUT2D eigenvalue weighted by Crippen LogP contribution is -2.55. The van der Waals surface area contributed by atoms with Crippen LogP contribution in [0.25, 0.3) is 0 Å². The lowest BCUT2D eigenvalue weighted by Gasteiger charge is -2.50. The lowest BCUT2D eigenvalue weighted by atomic mass is 9.60. The van der Waals surface area contributed by atoms with Gasteiger partial charge in [-0.25, -0.2) is 4.79 Å². The molecule has 1 spiro atoms. The van der Waals surface area contributed by atoms with E-state index in [-0.39, 0.29) is 11.4 Å². The van der Waals surface area contributed by atoms with Crippen molar-refractivity contribution in [2.24, 2.45) is 11.8 Å². The maximum absolute atomic E-state index is 12.8. The van der Waals surface area contributed by atoms with Crippen molar-refractivity contribution < 1.29 is 9.53 Å². The van der Waals surface area contributed by atoms with Gasteiger partial charge in [-0.2, -0.15) is 0 Å². The molecule has 3 aliphatic heterocycles. The van der Waals surface area contributed by atoms with Gasteiger partial charge in [0.05, 0.1) is 18.1 Å². The third-order valence-electron chi connectivity index (χ3n) is 7.06. The van der Waals surface area contributed by atoms with E-state index in [9.17, 15) is 4.79 Å². The highest BCUT2D eigenvalue weighted by molar-refractivity contribution is 14.1. The summed E-state index contributed by atoms with van der Waals surface area (Å²) in [6.45, 7) is 4.49. The molecule has 5 heteroatoms. The molecule has 0 radical (unpaired) electrons. The van der Waals surface area contributed by atoms with Crippen LogP contribution in [0.15, 0.2) is 29.5 Å². The number of anilines is 1. The van der Waals surface area contributed by atoms with Crippen molar-refractivity contribution in [3.05, 3.63) is 38.6 Å². The molecule has 1 aliphatic carbocycles. The van der Waals surface area contributed by atoms with Gasteiger partial charge in [0.25, 0.3) is 0 Å². The Hall–Kier alpha value is -1.08. The van der Waals surface area contributed by atoms with Gasteiger partial charge < -0.3 is 10.1 Å². The predicted octanol–water partition coefficient (Wildman–Crippen LogP) is 3.52. The summed E-state index contributed by atoms with van der Waals surface area (Å²) in [5, 5.41) is 3.67. The van der Waals surface area contributed by atoms with Crippen molar-refractivity contribution in [2.75, 3.05) is 25.5 Å². The molecule has 1 aromatic rings. The van der Waals surface area contributed by atoms with E-state index in [4.69, 9.17) is 4.74 Å². The summed E-state index contributed by atoms with van der Waals surface area (Å²) >= 11 is 2.40. The quantitative estimate of drug-likeness (QED) is 0.553. The summed E-state index contributed by atoms with van der Waals surface area (Å²) in [6, 6.07) is 7.15. The van der Waals surface area contributed by atoms with Gasteiger partial charge in [-0.15, -0.1) is 0 Å². The van der Waals surface area contributed by atoms with Crippen LogP contribution < -0.4 is 5.32 Å². The number of methoxy groups -OCH3 is 1. The van der Waals surface area contributed by atoms with Crippen LogP contribution in [0.1, 0.15) is 31.7 Å². The third kappa shape index (κ3) is 1.94. The fourth-order valence-electron chi connectivity index (χ4n) is 5.99. The van der Waals surface area contributed by atoms with Crippen LogP contribution in [-0.2, 0) is 14.9 Å². The average molecular weight is 450 g/mol. The minimum absolute atomic E-state index is 0.0464. The minimum Gasteiger partial charge on any atom is -0.466 e. The Kier molecular flexibility index (Phi) is 3.52. The van der Waals surface area contributed by atoms with Crippen LogP contribution in [0, 0.1) is 15.4 Å². The van der Waals surface area contributed by atoms with Crippen molar-refractivity contribution in [1.82, 2.24) is 4.90 Å². The first-order chi connectivity index (χ1) is 12.1. The number of carbonyl (C=O) groups is 1. The fourth-order valence-corrected chi connectivity index (χ4v) is 6.48. The summed E-state index contributed by atoms with van der Waals surface area (Å²) in [5.74, 6) is 0.729. The summed E-state index contributed by atoms with van der Waals surface area (Å²) in [6.07, 6.45) is 3.29. The normalized spacial score (nSPS) is 35.2. The van der Waals surface area contributed by atoms with Crippen LogP contribution in [0.5, 0.6) is 0 Å². The van der Waals surface area contributed by atoms with Gasteiger partial charge in [-0.1, -0.05) is 13.3 Å². The highest BCUT2D eigenvalue weighted by atomic mass is 127. The van der Waals surface area contributed by atoms with E-state index >= 15 is 0 Å². The Morgan fingerprint density at radius 3 is 3.08 bits per heavy atom. The van der Waals surface area contributed by atoms with E-state index in [0.29, 0.717) is 17.9 Å². The second kappa shape index (κ2) is 5.46. The lowest BCUT2D eigenvalue weighted by molar-refractivity contribution is -0.137. The minimum atomic E-state index is -0.133. The zero-order chi connectivity index (χ0) is 17.3. The van der Waals surface area contributed by atoms with E-state index < -0.39 is 0 Å². The number of benzene rings is 1. The molecule has 0 saturated carbocycles. The SMILES string of the molecule is CCC1CN2CC[C@]34C(=C(C(=O)OC)C1C[C@H]23)Nc1ccc(I)cc14. The first kappa shape index (κ1) is 16.1. The molecule has 132 valence electrons. The molecule has 2 bridgehead atoms. The number of carbonyl (C=O) groups excluding carboxylic acids is 1. The van der Waals surface area contributed by atoms with E-state index in [1.807, 2.05) is 0 Å². The van der Waals surface area contributed by atoms with Crippen molar-refractivity contribution in [2.45, 2.75) is 37.6 Å². The number of ether oxygens (including phenoxy) is 1. The maximum Gasteiger partial charge on any atom is 0.335 e. The zero-order valence-electron chi connectivity index (χ0n) is 14.6. The van der Waals surface area contributed by atoms with Gasteiger partial charge in [0.15, 0.2) is 0 Å². The van der Waals surface area contributed by atoms with Crippen molar-refractivity contribution in [3.8, 4) is 0 Å². The van der Waals surface area contributed by atoms with E-state index in [1.165, 1.54) is 21.9 Å². The highest BCUT2D eigenvalue weighted by Gasteiger charge is 2.62. The molecular formula is C20H23IN2O2. The largest absolute Gasteiger partial charge is 0.466 e. The number of piperidine rings is 1. The highest BCUT2D eigenvalue weighted by Crippen LogP contribution is 2.61. The second-order valence-electron chi connectivity index (χ2n) is 7.84. The van der Waals surface area contributed by atoms with Gasteiger partial charge in [0.1, 0.15) is 0 Å². The molecule has 1 N–H and O–H groups in total. The first-order valence-electron chi connectivity index (χ1n) is 9.24. The molecule has 5 rings (SSSR count). The first-order valence-corrected chi connectivity index (χ1v) is 10.3. The third-order valence-corrected chi connectivity index (χ3v) is 7.73. The number of fused-ring (bicyclic) bond motifs is 2. The molecule has 2 saturated heterocycles. The maximum atomic E-state index is 12.8. The Bertz CT molecular complexity index is 805. The predicted molar refractivity (Wildman–Crippen MR) is 105 cm³/mol. The Morgan fingerprint density at radius 1 is 1.48 bits per heavy atom. The smallest absolute Gasteiger partial charge is 0.335 e. The number of hydrogen-bond acceptors (Lipinski definition) is 4. The summed E-state index contributed by atoms with van der Waals surface area (Å²) in [4.78, 5) is 15.5. The van der Waals surface area contributed by atoms with Gasteiger partial charge in [-0.05, 0) is 77.6 Å². The van der Waals surface area contributed by atoms with Crippen molar-refractivity contribution >= 4 is 34.2 Å². The molecule has 2 unspecified atom stereocenters. The van der Waals surface area contributed by atoms with E-state index in [0.717, 1.165) is 43.6 Å². The molecule has 0 aromatic heterocycles. The summed E-state index contributed by atoms with van der Waals surface area (Å²) in [5.41, 5.74) is 4.60. The van der Waals surface area contributed by atoms with E-state index in [1.54, 1.807) is 0 Å². The standard InChI is InChI=1S/C20H23IN2O2/c1-3-11-10-23-7-6-20-14-8-12(21)4-5-15(14)22-18(20)17(19(24)25-2)13(11)9-16(20)23/h4-5,8,11,13,16,22H,3,6-7,9-10H2,1-2H3/t11?,13?,16-,20+/m0/s1. The Balaban J connectivity index is 1.79. The Morgan fingerprint density at radius 2 is 2.32 bits per heavy atom. The van der Waals surface area contributed by atoms with Gasteiger partial charge in [0, 0.05) is 27.5 Å². The fraction of sp³-hybridized carbons (Fsp3) is 0.550. The monoisotopic (exact) mass is 450 g/mol. The number of esters is 1.